The molecule has 0 radical (unpaired) electrons. The predicted octanol–water partition coefficient (Wildman–Crippen LogP) is 1.64. The molecule has 2 unspecified atom stereocenters. The Morgan fingerprint density at radius 1 is 1.28 bits per heavy atom. The lowest BCUT2D eigenvalue weighted by molar-refractivity contribution is 0.0941. The second kappa shape index (κ2) is 5.87. The van der Waals surface area contributed by atoms with Gasteiger partial charge in [-0.05, 0) is 43.0 Å². The number of hydrogen-bond donors (Lipinski definition) is 3. The summed E-state index contributed by atoms with van der Waals surface area (Å²) in [5.41, 5.74) is 6.61. The summed E-state index contributed by atoms with van der Waals surface area (Å²) in [6.07, 6.45) is 4.55. The molecule has 98 valence electrons. The lowest BCUT2D eigenvalue weighted by Crippen LogP contribution is -2.41. The van der Waals surface area contributed by atoms with Crippen molar-refractivity contribution in [3.8, 4) is 5.75 Å². The topological polar surface area (TPSA) is 75.3 Å². The molecule has 0 aliphatic heterocycles. The molecule has 0 spiro atoms. The summed E-state index contributed by atoms with van der Waals surface area (Å²) in [5.74, 6) is 0.452. The molecule has 1 aromatic carbocycles. The second-order valence-corrected chi connectivity index (χ2v) is 4.97. The van der Waals surface area contributed by atoms with Gasteiger partial charge >= 0.3 is 0 Å². The van der Waals surface area contributed by atoms with Crippen molar-refractivity contribution in [3.63, 3.8) is 0 Å². The number of rotatable bonds is 3. The minimum Gasteiger partial charge on any atom is -0.508 e. The standard InChI is InChI=1S/C14H20N2O2/c15-13-4-2-1-3-11(13)9-16-14(18)10-5-7-12(17)8-6-10/h5-8,11,13,17H,1-4,9,15H2,(H,16,18). The van der Waals surface area contributed by atoms with E-state index in [4.69, 9.17) is 10.8 Å². The number of hydrogen-bond acceptors (Lipinski definition) is 3. The minimum absolute atomic E-state index is 0.104. The Balaban J connectivity index is 1.86. The third kappa shape index (κ3) is 3.23. The van der Waals surface area contributed by atoms with Crippen molar-refractivity contribution in [1.29, 1.82) is 0 Å². The van der Waals surface area contributed by atoms with E-state index >= 15 is 0 Å². The van der Waals surface area contributed by atoms with E-state index in [0.717, 1.165) is 12.8 Å². The van der Waals surface area contributed by atoms with Gasteiger partial charge in [0.2, 0.25) is 0 Å². The molecular weight excluding hydrogens is 228 g/mol. The van der Waals surface area contributed by atoms with Gasteiger partial charge in [-0.2, -0.15) is 0 Å². The number of carbonyl (C=O) groups is 1. The minimum atomic E-state index is -0.104. The zero-order valence-corrected chi connectivity index (χ0v) is 10.4. The molecule has 4 nitrogen and oxygen atoms in total. The fourth-order valence-electron chi connectivity index (χ4n) is 2.43. The van der Waals surface area contributed by atoms with Crippen LogP contribution in [0.3, 0.4) is 0 Å². The van der Waals surface area contributed by atoms with Gasteiger partial charge in [0.05, 0.1) is 0 Å². The quantitative estimate of drug-likeness (QED) is 0.761. The fourth-order valence-corrected chi connectivity index (χ4v) is 2.43. The molecule has 0 heterocycles. The van der Waals surface area contributed by atoms with Crippen LogP contribution >= 0.6 is 0 Å². The zero-order chi connectivity index (χ0) is 13.0. The number of phenols is 1. The highest BCUT2D eigenvalue weighted by Gasteiger charge is 2.22. The van der Waals surface area contributed by atoms with Gasteiger partial charge in [0.15, 0.2) is 0 Å². The molecule has 1 aromatic rings. The van der Waals surface area contributed by atoms with Crippen molar-refractivity contribution in [2.24, 2.45) is 11.7 Å². The second-order valence-electron chi connectivity index (χ2n) is 4.97. The summed E-state index contributed by atoms with van der Waals surface area (Å²) >= 11 is 0. The molecule has 0 saturated heterocycles. The third-order valence-electron chi connectivity index (χ3n) is 3.62. The summed E-state index contributed by atoms with van der Waals surface area (Å²) in [7, 11) is 0. The van der Waals surface area contributed by atoms with E-state index in [-0.39, 0.29) is 17.7 Å². The van der Waals surface area contributed by atoms with Crippen LogP contribution in [0, 0.1) is 5.92 Å². The molecule has 4 heteroatoms. The number of aromatic hydroxyl groups is 1. The summed E-state index contributed by atoms with van der Waals surface area (Å²) < 4.78 is 0. The van der Waals surface area contributed by atoms with Crippen LogP contribution in [0.15, 0.2) is 24.3 Å². The average molecular weight is 248 g/mol. The number of phenolic OH excluding ortho intramolecular Hbond substituents is 1. The number of nitrogens with one attached hydrogen (secondary N) is 1. The molecule has 1 aliphatic rings. The summed E-state index contributed by atoms with van der Waals surface area (Å²) in [6, 6.07) is 6.47. The molecule has 18 heavy (non-hydrogen) atoms. The maximum absolute atomic E-state index is 11.9. The van der Waals surface area contributed by atoms with Gasteiger partial charge in [-0.1, -0.05) is 12.8 Å². The summed E-state index contributed by atoms with van der Waals surface area (Å²) in [5, 5.41) is 12.1. The van der Waals surface area contributed by atoms with Gasteiger partial charge in [-0.25, -0.2) is 0 Å². The number of benzene rings is 1. The maximum Gasteiger partial charge on any atom is 0.251 e. The van der Waals surface area contributed by atoms with E-state index < -0.39 is 0 Å². The molecule has 1 aliphatic carbocycles. The van der Waals surface area contributed by atoms with Crippen LogP contribution in [0.1, 0.15) is 36.0 Å². The van der Waals surface area contributed by atoms with Crippen LogP contribution in [0.25, 0.3) is 0 Å². The lowest BCUT2D eigenvalue weighted by Gasteiger charge is -2.28. The molecule has 2 rings (SSSR count). The predicted molar refractivity (Wildman–Crippen MR) is 70.4 cm³/mol. The Labute approximate surface area is 107 Å². The zero-order valence-electron chi connectivity index (χ0n) is 10.4. The Kier molecular flexibility index (Phi) is 4.20. The van der Waals surface area contributed by atoms with Crippen molar-refractivity contribution in [2.75, 3.05) is 6.54 Å². The molecule has 4 N–H and O–H groups in total. The number of amides is 1. The van der Waals surface area contributed by atoms with Crippen LogP contribution in [0.2, 0.25) is 0 Å². The molecule has 1 saturated carbocycles. The van der Waals surface area contributed by atoms with Gasteiger partial charge in [0.1, 0.15) is 5.75 Å². The van der Waals surface area contributed by atoms with Gasteiger partial charge in [-0.3, -0.25) is 4.79 Å². The van der Waals surface area contributed by atoms with Crippen molar-refractivity contribution in [1.82, 2.24) is 5.32 Å². The van der Waals surface area contributed by atoms with E-state index in [2.05, 4.69) is 5.32 Å². The SMILES string of the molecule is NC1CCCCC1CNC(=O)c1ccc(O)cc1. The van der Waals surface area contributed by atoms with Crippen LogP contribution in [0.4, 0.5) is 0 Å². The van der Waals surface area contributed by atoms with Crippen LogP contribution in [-0.4, -0.2) is 23.6 Å². The van der Waals surface area contributed by atoms with Crippen LogP contribution < -0.4 is 11.1 Å². The molecule has 1 fully saturated rings. The van der Waals surface area contributed by atoms with Crippen molar-refractivity contribution >= 4 is 5.91 Å². The highest BCUT2D eigenvalue weighted by atomic mass is 16.3. The van der Waals surface area contributed by atoms with Gasteiger partial charge < -0.3 is 16.2 Å². The molecule has 0 bridgehead atoms. The Bertz CT molecular complexity index is 403. The van der Waals surface area contributed by atoms with E-state index in [9.17, 15) is 4.79 Å². The Morgan fingerprint density at radius 3 is 2.61 bits per heavy atom. The first-order valence-corrected chi connectivity index (χ1v) is 6.49. The fraction of sp³-hybridized carbons (Fsp3) is 0.500. The van der Waals surface area contributed by atoms with E-state index in [0.29, 0.717) is 18.0 Å². The first-order chi connectivity index (χ1) is 8.66. The normalized spacial score (nSPS) is 23.6. The number of carbonyl (C=O) groups excluding carboxylic acids is 1. The van der Waals surface area contributed by atoms with Gasteiger partial charge in [0.25, 0.3) is 5.91 Å². The molecule has 2 atom stereocenters. The summed E-state index contributed by atoms with van der Waals surface area (Å²) in [6.45, 7) is 0.640. The largest absolute Gasteiger partial charge is 0.508 e. The Morgan fingerprint density at radius 2 is 1.94 bits per heavy atom. The molecular formula is C14H20N2O2. The smallest absolute Gasteiger partial charge is 0.251 e. The van der Waals surface area contributed by atoms with Crippen LogP contribution in [-0.2, 0) is 0 Å². The van der Waals surface area contributed by atoms with Gasteiger partial charge in [-0.15, -0.1) is 0 Å². The monoisotopic (exact) mass is 248 g/mol. The van der Waals surface area contributed by atoms with Crippen molar-refractivity contribution < 1.29 is 9.90 Å². The van der Waals surface area contributed by atoms with E-state index in [1.165, 1.54) is 25.0 Å². The van der Waals surface area contributed by atoms with E-state index in [1.807, 2.05) is 0 Å². The first kappa shape index (κ1) is 12.9. The summed E-state index contributed by atoms with van der Waals surface area (Å²) in [4.78, 5) is 11.9. The maximum atomic E-state index is 11.9. The van der Waals surface area contributed by atoms with Gasteiger partial charge in [0, 0.05) is 18.2 Å². The molecule has 1 amide bonds. The lowest BCUT2D eigenvalue weighted by atomic mass is 9.85. The Hall–Kier alpha value is -1.55. The third-order valence-corrected chi connectivity index (χ3v) is 3.62. The van der Waals surface area contributed by atoms with Crippen molar-refractivity contribution in [3.05, 3.63) is 29.8 Å². The first-order valence-electron chi connectivity index (χ1n) is 6.49. The highest BCUT2D eigenvalue weighted by Crippen LogP contribution is 2.22. The number of nitrogens with two attached hydrogens (primary N) is 1. The van der Waals surface area contributed by atoms with Crippen LogP contribution in [0.5, 0.6) is 5.75 Å². The highest BCUT2D eigenvalue weighted by molar-refractivity contribution is 5.94. The molecule has 0 aromatic heterocycles. The average Bonchev–Trinajstić information content (AvgIpc) is 2.38. The van der Waals surface area contributed by atoms with E-state index in [1.54, 1.807) is 12.1 Å². The van der Waals surface area contributed by atoms with Crippen molar-refractivity contribution in [2.45, 2.75) is 31.7 Å².